The maximum absolute atomic E-state index is 11.9. The van der Waals surface area contributed by atoms with Crippen LogP contribution in [0.2, 0.25) is 10.0 Å². The van der Waals surface area contributed by atoms with Crippen LogP contribution < -0.4 is 10.6 Å². The number of hydrogen-bond acceptors (Lipinski definition) is 6. The van der Waals surface area contributed by atoms with Gasteiger partial charge in [-0.15, -0.1) is 11.3 Å². The Bertz CT molecular complexity index is 839. The van der Waals surface area contributed by atoms with Crippen molar-refractivity contribution < 1.29 is 23.9 Å². The smallest absolute Gasteiger partial charge is 0.325 e. The van der Waals surface area contributed by atoms with Crippen LogP contribution >= 0.6 is 34.5 Å². The van der Waals surface area contributed by atoms with Gasteiger partial charge in [-0.3, -0.25) is 24.5 Å². The average molecular weight is 415 g/mol. The number of hydrogen-bond donors (Lipinski definition) is 2. The molecule has 0 spiro atoms. The third-order valence-corrected chi connectivity index (χ3v) is 4.35. The van der Waals surface area contributed by atoms with E-state index in [2.05, 4.69) is 15.4 Å². The van der Waals surface area contributed by atoms with E-state index in [1.165, 1.54) is 29.5 Å². The summed E-state index contributed by atoms with van der Waals surface area (Å²) in [5.41, 5.74) is 0.142. The lowest BCUT2D eigenvalue weighted by Crippen LogP contribution is -2.36. The van der Waals surface area contributed by atoms with Gasteiger partial charge in [0, 0.05) is 5.02 Å². The molecule has 3 amide bonds. The quantitative estimate of drug-likeness (QED) is 0.705. The van der Waals surface area contributed by atoms with Crippen LogP contribution in [0.15, 0.2) is 35.7 Å². The molecule has 0 bridgehead atoms. The first-order chi connectivity index (χ1) is 12.4. The summed E-state index contributed by atoms with van der Waals surface area (Å²) < 4.78 is 4.69. The number of carbonyl (C=O) groups excluding carboxylic acids is 4. The number of carbonyl (C=O) groups is 4. The number of ether oxygens (including phenoxy) is 1. The molecular weight excluding hydrogens is 403 g/mol. The molecule has 2 aromatic rings. The molecule has 26 heavy (non-hydrogen) atoms. The van der Waals surface area contributed by atoms with E-state index in [-0.39, 0.29) is 10.6 Å². The van der Waals surface area contributed by atoms with Crippen LogP contribution in [-0.2, 0) is 14.3 Å². The second-order valence-electron chi connectivity index (χ2n) is 4.82. The van der Waals surface area contributed by atoms with Gasteiger partial charge >= 0.3 is 5.97 Å². The van der Waals surface area contributed by atoms with Crippen molar-refractivity contribution in [2.75, 3.05) is 13.2 Å². The number of rotatable bonds is 6. The van der Waals surface area contributed by atoms with E-state index < -0.39 is 36.8 Å². The maximum Gasteiger partial charge on any atom is 0.325 e. The fraction of sp³-hybridized carbons (Fsp3) is 0.125. The van der Waals surface area contributed by atoms with Gasteiger partial charge in [-0.25, -0.2) is 0 Å². The predicted molar refractivity (Wildman–Crippen MR) is 96.5 cm³/mol. The Morgan fingerprint density at radius 2 is 1.85 bits per heavy atom. The van der Waals surface area contributed by atoms with Crippen molar-refractivity contribution in [1.82, 2.24) is 10.6 Å². The van der Waals surface area contributed by atoms with E-state index in [1.54, 1.807) is 17.5 Å². The van der Waals surface area contributed by atoms with Crippen LogP contribution in [0.25, 0.3) is 0 Å². The molecule has 2 rings (SSSR count). The van der Waals surface area contributed by atoms with E-state index in [0.717, 1.165) is 0 Å². The number of imide groups is 1. The van der Waals surface area contributed by atoms with Crippen LogP contribution in [0.1, 0.15) is 20.0 Å². The van der Waals surface area contributed by atoms with Crippen LogP contribution in [0.4, 0.5) is 0 Å². The van der Waals surface area contributed by atoms with Gasteiger partial charge in [0.05, 0.1) is 15.5 Å². The Balaban J connectivity index is 1.74. The zero-order valence-corrected chi connectivity index (χ0v) is 15.4. The van der Waals surface area contributed by atoms with Gasteiger partial charge in [-0.1, -0.05) is 29.3 Å². The molecule has 0 saturated heterocycles. The highest BCUT2D eigenvalue weighted by Crippen LogP contribution is 2.20. The molecular formula is C16H12Cl2N2O5S. The van der Waals surface area contributed by atoms with Crippen LogP contribution in [0, 0.1) is 0 Å². The summed E-state index contributed by atoms with van der Waals surface area (Å²) >= 11 is 12.8. The third-order valence-electron chi connectivity index (χ3n) is 2.93. The molecule has 10 heteroatoms. The molecule has 0 fully saturated rings. The highest BCUT2D eigenvalue weighted by atomic mass is 35.5. The van der Waals surface area contributed by atoms with E-state index in [9.17, 15) is 19.2 Å². The summed E-state index contributed by atoms with van der Waals surface area (Å²) in [6, 6.07) is 7.51. The lowest BCUT2D eigenvalue weighted by molar-refractivity contribution is -0.147. The summed E-state index contributed by atoms with van der Waals surface area (Å²) in [6.45, 7) is -1.11. The highest BCUT2D eigenvalue weighted by molar-refractivity contribution is 7.12. The number of thiophene rings is 1. The number of halogens is 2. The summed E-state index contributed by atoms with van der Waals surface area (Å²) in [5.74, 6) is -2.79. The van der Waals surface area contributed by atoms with Gasteiger partial charge in [0.2, 0.25) is 0 Å². The first kappa shape index (κ1) is 19.9. The Morgan fingerprint density at radius 3 is 2.50 bits per heavy atom. The third kappa shape index (κ3) is 5.83. The Morgan fingerprint density at radius 1 is 1.08 bits per heavy atom. The van der Waals surface area contributed by atoms with Crippen LogP contribution in [-0.4, -0.2) is 36.8 Å². The summed E-state index contributed by atoms with van der Waals surface area (Å²) in [7, 11) is 0. The molecule has 0 radical (unpaired) electrons. The molecule has 1 aromatic carbocycles. The highest BCUT2D eigenvalue weighted by Gasteiger charge is 2.15. The lowest BCUT2D eigenvalue weighted by atomic mass is 10.2. The largest absolute Gasteiger partial charge is 0.454 e. The maximum atomic E-state index is 11.9. The minimum absolute atomic E-state index is 0.134. The SMILES string of the molecule is O=C(COC(=O)CNC(=O)c1ccc(Cl)cc1Cl)NC(=O)c1cccs1. The van der Waals surface area contributed by atoms with Crippen LogP contribution in [0.3, 0.4) is 0 Å². The van der Waals surface area contributed by atoms with Crippen molar-refractivity contribution >= 4 is 58.2 Å². The fourth-order valence-electron chi connectivity index (χ4n) is 1.75. The minimum Gasteiger partial charge on any atom is -0.454 e. The van der Waals surface area contributed by atoms with E-state index in [4.69, 9.17) is 23.2 Å². The molecule has 0 aliphatic heterocycles. The zero-order chi connectivity index (χ0) is 19.1. The van der Waals surface area contributed by atoms with E-state index >= 15 is 0 Å². The number of nitrogens with one attached hydrogen (secondary N) is 2. The van der Waals surface area contributed by atoms with Gasteiger partial charge < -0.3 is 10.1 Å². The fourth-order valence-corrected chi connectivity index (χ4v) is 2.86. The summed E-state index contributed by atoms with van der Waals surface area (Å²) in [4.78, 5) is 47.1. The van der Waals surface area contributed by atoms with Gasteiger partial charge in [-0.2, -0.15) is 0 Å². The standard InChI is InChI=1S/C16H12Cl2N2O5S/c17-9-3-4-10(11(18)6-9)15(23)19-7-14(22)25-8-13(21)20-16(24)12-2-1-5-26-12/h1-6H,7-8H2,(H,19,23)(H,20,21,24). The number of benzene rings is 1. The van der Waals surface area contributed by atoms with Crippen molar-refractivity contribution in [3.8, 4) is 0 Å². The predicted octanol–water partition coefficient (Wildman–Crippen LogP) is 2.28. The second kappa shape index (κ2) is 9.33. The average Bonchev–Trinajstić information content (AvgIpc) is 3.12. The first-order valence-electron chi connectivity index (χ1n) is 7.13. The number of esters is 1. The molecule has 0 aliphatic carbocycles. The molecule has 7 nitrogen and oxygen atoms in total. The van der Waals surface area contributed by atoms with Crippen molar-refractivity contribution in [2.24, 2.45) is 0 Å². The van der Waals surface area contributed by atoms with Crippen molar-refractivity contribution in [3.05, 3.63) is 56.2 Å². The normalized spacial score (nSPS) is 10.1. The van der Waals surface area contributed by atoms with E-state index in [1.807, 2.05) is 0 Å². The monoisotopic (exact) mass is 414 g/mol. The lowest BCUT2D eigenvalue weighted by Gasteiger charge is -2.08. The zero-order valence-electron chi connectivity index (χ0n) is 13.1. The van der Waals surface area contributed by atoms with Crippen molar-refractivity contribution in [3.63, 3.8) is 0 Å². The molecule has 1 aromatic heterocycles. The van der Waals surface area contributed by atoms with Gasteiger partial charge in [-0.05, 0) is 29.6 Å². The molecule has 0 unspecified atom stereocenters. The van der Waals surface area contributed by atoms with E-state index in [0.29, 0.717) is 9.90 Å². The Kier molecular flexibility index (Phi) is 7.14. The summed E-state index contributed by atoms with van der Waals surface area (Å²) in [5, 5.41) is 6.58. The van der Waals surface area contributed by atoms with Gasteiger partial charge in [0.25, 0.3) is 17.7 Å². The van der Waals surface area contributed by atoms with Gasteiger partial charge in [0.1, 0.15) is 6.54 Å². The topological polar surface area (TPSA) is 102 Å². The van der Waals surface area contributed by atoms with Gasteiger partial charge in [0.15, 0.2) is 6.61 Å². The Hall–Kier alpha value is -2.42. The molecule has 136 valence electrons. The molecule has 0 aliphatic rings. The number of amides is 3. The molecule has 2 N–H and O–H groups in total. The second-order valence-corrected chi connectivity index (χ2v) is 6.61. The molecule has 0 atom stereocenters. The van der Waals surface area contributed by atoms with Crippen molar-refractivity contribution in [1.29, 1.82) is 0 Å². The van der Waals surface area contributed by atoms with Crippen LogP contribution in [0.5, 0.6) is 0 Å². The first-order valence-corrected chi connectivity index (χ1v) is 8.77. The van der Waals surface area contributed by atoms with Crippen molar-refractivity contribution in [2.45, 2.75) is 0 Å². The molecule has 0 saturated carbocycles. The summed E-state index contributed by atoms with van der Waals surface area (Å²) in [6.07, 6.45) is 0. The molecule has 1 heterocycles. The minimum atomic E-state index is -0.845. The Labute approximate surface area is 162 Å².